The molecule has 2 heterocycles. The maximum atomic E-state index is 12.7. The summed E-state index contributed by atoms with van der Waals surface area (Å²) >= 11 is 12.0. The highest BCUT2D eigenvalue weighted by atomic mass is 35.5. The highest BCUT2D eigenvalue weighted by molar-refractivity contribution is 6.41. The van der Waals surface area contributed by atoms with Gasteiger partial charge in [0.05, 0.1) is 5.02 Å². The largest absolute Gasteiger partial charge is 0.337 e. The summed E-state index contributed by atoms with van der Waals surface area (Å²) < 4.78 is 1.61. The van der Waals surface area contributed by atoms with Crippen molar-refractivity contribution in [2.75, 3.05) is 13.1 Å². The second-order valence-electron chi connectivity index (χ2n) is 7.25. The summed E-state index contributed by atoms with van der Waals surface area (Å²) in [6.07, 6.45) is 7.29. The zero-order valence-corrected chi connectivity index (χ0v) is 16.6. The van der Waals surface area contributed by atoms with Gasteiger partial charge in [-0.15, -0.1) is 0 Å². The first-order valence-corrected chi connectivity index (χ1v) is 10.1. The van der Waals surface area contributed by atoms with Crippen LogP contribution in [0.5, 0.6) is 0 Å². The summed E-state index contributed by atoms with van der Waals surface area (Å²) in [7, 11) is 1.73. The van der Waals surface area contributed by atoms with Gasteiger partial charge in [-0.25, -0.2) is 4.79 Å². The van der Waals surface area contributed by atoms with Gasteiger partial charge in [0, 0.05) is 32.2 Å². The van der Waals surface area contributed by atoms with Gasteiger partial charge in [-0.2, -0.15) is 0 Å². The monoisotopic (exact) mass is 400 g/mol. The fraction of sp³-hybridized carbons (Fsp3) is 0.667. The number of urea groups is 1. The number of hydrogen-bond donors (Lipinski definition) is 2. The van der Waals surface area contributed by atoms with Crippen molar-refractivity contribution in [3.63, 3.8) is 0 Å². The first kappa shape index (κ1) is 19.4. The highest BCUT2D eigenvalue weighted by Gasteiger charge is 2.27. The SMILES string of the molecule is Cn1c(C(=O)N2CCC(NC(=O)NC3CCCCC3)CC2)cc(Cl)c1Cl. The molecule has 2 N–H and O–H groups in total. The Morgan fingerprint density at radius 3 is 2.12 bits per heavy atom. The van der Waals surface area contributed by atoms with E-state index < -0.39 is 0 Å². The molecule has 0 radical (unpaired) electrons. The molecule has 26 heavy (non-hydrogen) atoms. The van der Waals surface area contributed by atoms with Gasteiger partial charge in [0.25, 0.3) is 5.91 Å². The molecule has 1 aliphatic carbocycles. The Morgan fingerprint density at radius 2 is 1.58 bits per heavy atom. The molecule has 3 amide bonds. The molecule has 0 spiro atoms. The molecule has 1 aromatic heterocycles. The van der Waals surface area contributed by atoms with Gasteiger partial charge in [-0.1, -0.05) is 42.5 Å². The normalized spacial score (nSPS) is 19.4. The second kappa shape index (κ2) is 8.53. The number of piperidine rings is 1. The van der Waals surface area contributed by atoms with Crippen LogP contribution < -0.4 is 10.6 Å². The van der Waals surface area contributed by atoms with E-state index in [4.69, 9.17) is 23.2 Å². The lowest BCUT2D eigenvalue weighted by molar-refractivity contribution is 0.0698. The van der Waals surface area contributed by atoms with Gasteiger partial charge < -0.3 is 20.1 Å². The Morgan fingerprint density at radius 1 is 1.00 bits per heavy atom. The lowest BCUT2D eigenvalue weighted by Gasteiger charge is -2.33. The van der Waals surface area contributed by atoms with Crippen LogP contribution in [0.1, 0.15) is 55.4 Å². The third kappa shape index (κ3) is 4.46. The molecular formula is C18H26Cl2N4O2. The van der Waals surface area contributed by atoms with Crippen LogP contribution in [-0.2, 0) is 7.05 Å². The van der Waals surface area contributed by atoms with Gasteiger partial charge in [0.1, 0.15) is 10.8 Å². The number of hydrogen-bond acceptors (Lipinski definition) is 2. The van der Waals surface area contributed by atoms with E-state index in [1.165, 1.54) is 19.3 Å². The van der Waals surface area contributed by atoms with E-state index in [-0.39, 0.29) is 18.0 Å². The van der Waals surface area contributed by atoms with Gasteiger partial charge >= 0.3 is 6.03 Å². The van der Waals surface area contributed by atoms with Crippen LogP contribution in [0, 0.1) is 0 Å². The van der Waals surface area contributed by atoms with E-state index in [9.17, 15) is 9.59 Å². The molecule has 2 fully saturated rings. The van der Waals surface area contributed by atoms with E-state index in [1.807, 2.05) is 0 Å². The molecule has 1 saturated heterocycles. The van der Waals surface area contributed by atoms with E-state index in [0.29, 0.717) is 35.0 Å². The summed E-state index contributed by atoms with van der Waals surface area (Å²) in [6.45, 7) is 1.21. The average molecular weight is 401 g/mol. The van der Waals surface area contributed by atoms with Crippen LogP contribution in [0.3, 0.4) is 0 Å². The number of halogens is 2. The molecule has 1 aliphatic heterocycles. The number of carbonyl (C=O) groups excluding carboxylic acids is 2. The number of likely N-dealkylation sites (tertiary alicyclic amines) is 1. The summed E-state index contributed by atoms with van der Waals surface area (Å²) in [5.41, 5.74) is 0.487. The van der Waals surface area contributed by atoms with Gasteiger partial charge in [-0.05, 0) is 31.7 Å². The van der Waals surface area contributed by atoms with Crippen molar-refractivity contribution in [2.24, 2.45) is 7.05 Å². The van der Waals surface area contributed by atoms with E-state index >= 15 is 0 Å². The van der Waals surface area contributed by atoms with Gasteiger partial charge in [-0.3, -0.25) is 4.79 Å². The number of aromatic nitrogens is 1. The minimum atomic E-state index is -0.0809. The number of amides is 3. The zero-order valence-electron chi connectivity index (χ0n) is 15.1. The molecule has 144 valence electrons. The quantitative estimate of drug-likeness (QED) is 0.813. The summed E-state index contributed by atoms with van der Waals surface area (Å²) in [4.78, 5) is 26.6. The van der Waals surface area contributed by atoms with Crippen molar-refractivity contribution >= 4 is 35.1 Å². The van der Waals surface area contributed by atoms with Crippen molar-refractivity contribution in [3.8, 4) is 0 Å². The second-order valence-corrected chi connectivity index (χ2v) is 8.01. The first-order valence-electron chi connectivity index (χ1n) is 9.32. The van der Waals surface area contributed by atoms with Crippen LogP contribution in [0.25, 0.3) is 0 Å². The maximum Gasteiger partial charge on any atom is 0.315 e. The molecule has 1 saturated carbocycles. The molecule has 8 heteroatoms. The van der Waals surface area contributed by atoms with E-state index in [1.54, 1.807) is 22.6 Å². The molecule has 6 nitrogen and oxygen atoms in total. The first-order chi connectivity index (χ1) is 12.5. The predicted molar refractivity (Wildman–Crippen MR) is 103 cm³/mol. The molecule has 3 rings (SSSR count). The van der Waals surface area contributed by atoms with E-state index in [0.717, 1.165) is 25.7 Å². The van der Waals surface area contributed by atoms with Gasteiger partial charge in [0.15, 0.2) is 0 Å². The fourth-order valence-corrected chi connectivity index (χ4v) is 4.17. The van der Waals surface area contributed by atoms with Crippen LogP contribution in [-0.4, -0.2) is 46.6 Å². The lowest BCUT2D eigenvalue weighted by atomic mass is 9.96. The predicted octanol–water partition coefficient (Wildman–Crippen LogP) is 3.57. The number of rotatable bonds is 3. The molecular weight excluding hydrogens is 375 g/mol. The molecule has 0 atom stereocenters. The summed E-state index contributed by atoms with van der Waals surface area (Å²) in [5, 5.41) is 6.88. The van der Waals surface area contributed by atoms with Crippen molar-refractivity contribution in [2.45, 2.75) is 57.0 Å². The van der Waals surface area contributed by atoms with Crippen molar-refractivity contribution < 1.29 is 9.59 Å². The van der Waals surface area contributed by atoms with Gasteiger partial charge in [0.2, 0.25) is 0 Å². The molecule has 0 aromatic carbocycles. The van der Waals surface area contributed by atoms with Crippen molar-refractivity contribution in [3.05, 3.63) is 21.9 Å². The Bertz CT molecular complexity index is 662. The van der Waals surface area contributed by atoms with E-state index in [2.05, 4.69) is 10.6 Å². The fourth-order valence-electron chi connectivity index (χ4n) is 3.80. The zero-order chi connectivity index (χ0) is 18.7. The number of nitrogens with zero attached hydrogens (tertiary/aromatic N) is 2. The smallest absolute Gasteiger partial charge is 0.315 e. The Kier molecular flexibility index (Phi) is 6.35. The summed E-state index contributed by atoms with van der Waals surface area (Å²) in [5.74, 6) is -0.0774. The highest BCUT2D eigenvalue weighted by Crippen LogP contribution is 2.26. The topological polar surface area (TPSA) is 66.4 Å². The van der Waals surface area contributed by atoms with Crippen LogP contribution in [0.2, 0.25) is 10.2 Å². The Hall–Kier alpha value is -1.40. The molecule has 0 unspecified atom stereocenters. The van der Waals surface area contributed by atoms with Crippen molar-refractivity contribution in [1.82, 2.24) is 20.1 Å². The maximum absolute atomic E-state index is 12.7. The minimum Gasteiger partial charge on any atom is -0.337 e. The van der Waals surface area contributed by atoms with Crippen molar-refractivity contribution in [1.29, 1.82) is 0 Å². The lowest BCUT2D eigenvalue weighted by Crippen LogP contribution is -2.51. The van der Waals surface area contributed by atoms with Crippen LogP contribution in [0.4, 0.5) is 4.79 Å². The molecule has 1 aromatic rings. The van der Waals surface area contributed by atoms with Crippen LogP contribution in [0.15, 0.2) is 6.07 Å². The Labute approximate surface area is 164 Å². The number of carbonyl (C=O) groups is 2. The van der Waals surface area contributed by atoms with Crippen LogP contribution >= 0.6 is 23.2 Å². The minimum absolute atomic E-state index is 0.0774. The third-order valence-corrected chi connectivity index (χ3v) is 6.24. The average Bonchev–Trinajstić information content (AvgIpc) is 2.90. The Balaban J connectivity index is 1.47. The number of nitrogens with one attached hydrogen (secondary N) is 2. The standard InChI is InChI=1S/C18H26Cl2N4O2/c1-23-15(11-14(19)16(23)20)17(25)24-9-7-13(8-10-24)22-18(26)21-12-5-3-2-4-6-12/h11-13H,2-10H2,1H3,(H2,21,22,26). The third-order valence-electron chi connectivity index (χ3n) is 5.39. The molecule has 0 bridgehead atoms. The summed E-state index contributed by atoms with van der Waals surface area (Å²) in [6, 6.07) is 1.93. The molecule has 2 aliphatic rings.